The molecule has 5 nitrogen and oxygen atoms in total. The van der Waals surface area contributed by atoms with Crippen LogP contribution in [0.2, 0.25) is 0 Å². The number of rotatable bonds is 5. The van der Waals surface area contributed by atoms with Gasteiger partial charge in [-0.25, -0.2) is 0 Å². The summed E-state index contributed by atoms with van der Waals surface area (Å²) in [5.41, 5.74) is 0.360. The van der Waals surface area contributed by atoms with Crippen LogP contribution in [0.1, 0.15) is 43.5 Å². The molecule has 25 heavy (non-hydrogen) atoms. The van der Waals surface area contributed by atoms with Crippen LogP contribution >= 0.6 is 0 Å². The van der Waals surface area contributed by atoms with Gasteiger partial charge in [0.15, 0.2) is 0 Å². The van der Waals surface area contributed by atoms with E-state index in [1.165, 1.54) is 25.5 Å². The van der Waals surface area contributed by atoms with E-state index in [0.717, 1.165) is 32.0 Å². The Bertz CT molecular complexity index is 613. The van der Waals surface area contributed by atoms with Crippen LogP contribution in [0.5, 0.6) is 11.5 Å². The van der Waals surface area contributed by atoms with E-state index in [1.54, 1.807) is 19.2 Å². The summed E-state index contributed by atoms with van der Waals surface area (Å²) in [5.74, 6) is 1.81. The second kappa shape index (κ2) is 7.65. The highest BCUT2D eigenvalue weighted by atomic mass is 16.5. The van der Waals surface area contributed by atoms with Crippen molar-refractivity contribution in [2.45, 2.75) is 39.2 Å². The van der Waals surface area contributed by atoms with Gasteiger partial charge in [-0.3, -0.25) is 9.69 Å². The van der Waals surface area contributed by atoms with Crippen LogP contribution in [0.25, 0.3) is 0 Å². The Morgan fingerprint density at radius 1 is 1.32 bits per heavy atom. The van der Waals surface area contributed by atoms with Gasteiger partial charge in [0.05, 0.1) is 12.7 Å². The molecule has 0 radical (unpaired) electrons. The number of hydrogen-bond acceptors (Lipinski definition) is 4. The van der Waals surface area contributed by atoms with Crippen LogP contribution in [-0.4, -0.2) is 60.1 Å². The van der Waals surface area contributed by atoms with Crippen molar-refractivity contribution >= 4 is 5.91 Å². The molecule has 1 aliphatic heterocycles. The molecule has 0 unspecified atom stereocenters. The van der Waals surface area contributed by atoms with E-state index in [2.05, 4.69) is 18.7 Å². The average molecular weight is 346 g/mol. The third-order valence-corrected chi connectivity index (χ3v) is 5.43. The zero-order valence-corrected chi connectivity index (χ0v) is 15.6. The second-order valence-corrected chi connectivity index (χ2v) is 7.74. The molecule has 1 aromatic carbocycles. The fourth-order valence-corrected chi connectivity index (χ4v) is 3.73. The van der Waals surface area contributed by atoms with Crippen molar-refractivity contribution in [3.8, 4) is 11.5 Å². The van der Waals surface area contributed by atoms with Crippen molar-refractivity contribution < 1.29 is 14.6 Å². The Morgan fingerprint density at radius 2 is 2.08 bits per heavy atom. The number of benzene rings is 1. The van der Waals surface area contributed by atoms with Crippen molar-refractivity contribution in [2.75, 3.05) is 33.3 Å². The Kier molecular flexibility index (Phi) is 5.52. The molecule has 1 saturated heterocycles. The molecule has 1 atom stereocenters. The van der Waals surface area contributed by atoms with Crippen molar-refractivity contribution in [3.63, 3.8) is 0 Å². The summed E-state index contributed by atoms with van der Waals surface area (Å²) < 4.78 is 5.11. The van der Waals surface area contributed by atoms with Gasteiger partial charge in [-0.2, -0.15) is 0 Å². The second-order valence-electron chi connectivity index (χ2n) is 7.74. The summed E-state index contributed by atoms with van der Waals surface area (Å²) in [4.78, 5) is 17.5. The highest BCUT2D eigenvalue weighted by molar-refractivity contribution is 5.97. The van der Waals surface area contributed by atoms with E-state index in [1.807, 2.05) is 4.90 Å². The minimum atomic E-state index is -0.0842. The zero-order chi connectivity index (χ0) is 18.0. The number of ether oxygens (including phenoxy) is 1. The first-order valence-corrected chi connectivity index (χ1v) is 9.40. The van der Waals surface area contributed by atoms with Crippen LogP contribution in [0.4, 0.5) is 0 Å². The molecule has 1 aliphatic carbocycles. The first kappa shape index (κ1) is 18.1. The van der Waals surface area contributed by atoms with Crippen LogP contribution in [0.15, 0.2) is 18.2 Å². The van der Waals surface area contributed by atoms with Gasteiger partial charge in [-0.15, -0.1) is 0 Å². The third-order valence-electron chi connectivity index (χ3n) is 5.43. The third kappa shape index (κ3) is 4.27. The fourth-order valence-electron chi connectivity index (χ4n) is 3.73. The highest BCUT2D eigenvalue weighted by Gasteiger charge is 2.33. The minimum absolute atomic E-state index is 0.00969. The molecule has 3 rings (SSSR count). The fraction of sp³-hybridized carbons (Fsp3) is 0.650. The predicted octanol–water partition coefficient (Wildman–Crippen LogP) is 2.98. The van der Waals surface area contributed by atoms with Gasteiger partial charge in [-0.05, 0) is 43.2 Å². The van der Waals surface area contributed by atoms with Crippen LogP contribution in [0, 0.1) is 11.8 Å². The number of carbonyl (C=O) groups is 1. The molecule has 2 fully saturated rings. The smallest absolute Gasteiger partial charge is 0.257 e. The number of hydrogen-bond donors (Lipinski definition) is 1. The standard InChI is InChI=1S/C20H30N2O3/c1-14(2)18-13-22(10-4-9-21(18)12-15-5-6-15)20(24)17-8-7-16(25-3)11-19(17)23/h7-8,11,14-15,18,23H,4-6,9-10,12-13H2,1-3H3/t18-/m1/s1. The summed E-state index contributed by atoms with van der Waals surface area (Å²) in [6.45, 7) is 8.17. The lowest BCUT2D eigenvalue weighted by atomic mass is 10.0. The Balaban J connectivity index is 1.75. The zero-order valence-electron chi connectivity index (χ0n) is 15.6. The largest absolute Gasteiger partial charge is 0.507 e. The molecule has 1 heterocycles. The minimum Gasteiger partial charge on any atom is -0.507 e. The number of phenolic OH excluding ortho intramolecular Hbond substituents is 1. The Hall–Kier alpha value is -1.75. The Morgan fingerprint density at radius 3 is 2.68 bits per heavy atom. The van der Waals surface area contributed by atoms with Gasteiger partial charge in [0.1, 0.15) is 11.5 Å². The molecule has 138 valence electrons. The lowest BCUT2D eigenvalue weighted by molar-refractivity contribution is 0.0701. The number of amides is 1. The monoisotopic (exact) mass is 346 g/mol. The molecule has 5 heteroatoms. The van der Waals surface area contributed by atoms with Gasteiger partial charge in [0, 0.05) is 38.3 Å². The maximum Gasteiger partial charge on any atom is 0.257 e. The first-order valence-electron chi connectivity index (χ1n) is 9.40. The molecule has 1 amide bonds. The van der Waals surface area contributed by atoms with Gasteiger partial charge in [0.2, 0.25) is 0 Å². The lowest BCUT2D eigenvalue weighted by Crippen LogP contribution is -2.46. The summed E-state index contributed by atoms with van der Waals surface area (Å²) in [6, 6.07) is 5.27. The summed E-state index contributed by atoms with van der Waals surface area (Å²) in [7, 11) is 1.55. The molecule has 1 aromatic rings. The van der Waals surface area contributed by atoms with E-state index in [9.17, 15) is 9.90 Å². The maximum absolute atomic E-state index is 13.0. The average Bonchev–Trinajstić information content (AvgIpc) is 3.41. The number of nitrogens with zero attached hydrogens (tertiary/aromatic N) is 2. The van der Waals surface area contributed by atoms with Crippen molar-refractivity contribution in [1.29, 1.82) is 0 Å². The number of methoxy groups -OCH3 is 1. The van der Waals surface area contributed by atoms with Gasteiger partial charge >= 0.3 is 0 Å². The molecular weight excluding hydrogens is 316 g/mol. The van der Waals surface area contributed by atoms with E-state index in [4.69, 9.17) is 4.74 Å². The lowest BCUT2D eigenvalue weighted by Gasteiger charge is -2.34. The summed E-state index contributed by atoms with van der Waals surface area (Å²) in [5, 5.41) is 10.2. The first-order chi connectivity index (χ1) is 12.0. The van der Waals surface area contributed by atoms with Crippen molar-refractivity contribution in [2.24, 2.45) is 11.8 Å². The number of aromatic hydroxyl groups is 1. The van der Waals surface area contributed by atoms with Gasteiger partial charge < -0.3 is 14.7 Å². The van der Waals surface area contributed by atoms with Crippen molar-refractivity contribution in [1.82, 2.24) is 9.80 Å². The normalized spacial score (nSPS) is 22.1. The van der Waals surface area contributed by atoms with Gasteiger partial charge in [0.25, 0.3) is 5.91 Å². The van der Waals surface area contributed by atoms with Gasteiger partial charge in [-0.1, -0.05) is 13.8 Å². The summed E-state index contributed by atoms with van der Waals surface area (Å²) >= 11 is 0. The van der Waals surface area contributed by atoms with Crippen LogP contribution in [-0.2, 0) is 0 Å². The van der Waals surface area contributed by atoms with Crippen LogP contribution < -0.4 is 4.74 Å². The number of carbonyl (C=O) groups excluding carboxylic acids is 1. The predicted molar refractivity (Wildman–Crippen MR) is 98.1 cm³/mol. The topological polar surface area (TPSA) is 53.0 Å². The maximum atomic E-state index is 13.0. The van der Waals surface area contributed by atoms with E-state index in [-0.39, 0.29) is 11.7 Å². The molecule has 2 aliphatic rings. The SMILES string of the molecule is COc1ccc(C(=O)N2CCCN(CC3CC3)[C@@H](C(C)C)C2)c(O)c1. The number of phenols is 1. The van der Waals surface area contributed by atoms with E-state index in [0.29, 0.717) is 23.3 Å². The molecule has 0 bridgehead atoms. The highest BCUT2D eigenvalue weighted by Crippen LogP contribution is 2.32. The van der Waals surface area contributed by atoms with E-state index >= 15 is 0 Å². The van der Waals surface area contributed by atoms with Crippen LogP contribution in [0.3, 0.4) is 0 Å². The molecular formula is C20H30N2O3. The van der Waals surface area contributed by atoms with Crippen molar-refractivity contribution in [3.05, 3.63) is 23.8 Å². The molecule has 1 saturated carbocycles. The summed E-state index contributed by atoms with van der Waals surface area (Å²) in [6.07, 6.45) is 3.69. The molecule has 0 spiro atoms. The molecule has 1 N–H and O–H groups in total. The Labute approximate surface area is 150 Å². The quantitative estimate of drug-likeness (QED) is 0.890. The molecule has 0 aromatic heterocycles. The van der Waals surface area contributed by atoms with E-state index < -0.39 is 0 Å².